The fourth-order valence-electron chi connectivity index (χ4n) is 3.69. The molecule has 0 spiro atoms. The van der Waals surface area contributed by atoms with E-state index in [2.05, 4.69) is 15.6 Å². The molecule has 0 saturated heterocycles. The van der Waals surface area contributed by atoms with Crippen LogP contribution in [-0.2, 0) is 4.79 Å². The number of benzene rings is 1. The van der Waals surface area contributed by atoms with Crippen LogP contribution in [0.2, 0.25) is 5.02 Å². The Morgan fingerprint density at radius 1 is 1.14 bits per heavy atom. The van der Waals surface area contributed by atoms with Crippen molar-refractivity contribution in [3.63, 3.8) is 0 Å². The lowest BCUT2D eigenvalue weighted by molar-refractivity contribution is -0.120. The molecular formula is C21H20ClFN4O2. The quantitative estimate of drug-likeness (QED) is 0.676. The highest BCUT2D eigenvalue weighted by Crippen LogP contribution is 2.28. The van der Waals surface area contributed by atoms with Crippen LogP contribution in [0.3, 0.4) is 0 Å². The number of nitrogens with one attached hydrogen (secondary N) is 2. The van der Waals surface area contributed by atoms with E-state index >= 15 is 0 Å². The molecule has 0 radical (unpaired) electrons. The number of aromatic nitrogens is 2. The van der Waals surface area contributed by atoms with Gasteiger partial charge in [0.2, 0.25) is 5.91 Å². The number of fused-ring (bicyclic) bond motifs is 1. The zero-order valence-corrected chi connectivity index (χ0v) is 16.3. The lowest BCUT2D eigenvalue weighted by atomic mass is 9.85. The van der Waals surface area contributed by atoms with E-state index in [4.69, 9.17) is 11.6 Å². The highest BCUT2D eigenvalue weighted by Gasteiger charge is 2.28. The molecule has 0 atom stereocenters. The Hall–Kier alpha value is -2.93. The van der Waals surface area contributed by atoms with Crippen LogP contribution in [0, 0.1) is 11.7 Å². The van der Waals surface area contributed by atoms with E-state index in [1.54, 1.807) is 16.8 Å². The molecule has 1 aliphatic rings. The number of amides is 2. The van der Waals surface area contributed by atoms with Crippen LogP contribution in [0.15, 0.2) is 48.8 Å². The maximum atomic E-state index is 13.1. The molecule has 6 nitrogen and oxygen atoms in total. The summed E-state index contributed by atoms with van der Waals surface area (Å²) < 4.78 is 14.9. The highest BCUT2D eigenvalue weighted by atomic mass is 35.5. The van der Waals surface area contributed by atoms with E-state index in [1.807, 2.05) is 18.2 Å². The van der Waals surface area contributed by atoms with Gasteiger partial charge in [-0.05, 0) is 56.0 Å². The molecule has 2 N–H and O–H groups in total. The Morgan fingerprint density at radius 2 is 1.93 bits per heavy atom. The van der Waals surface area contributed by atoms with Gasteiger partial charge in [-0.2, -0.15) is 0 Å². The molecule has 150 valence electrons. The predicted molar refractivity (Wildman–Crippen MR) is 108 cm³/mol. The van der Waals surface area contributed by atoms with E-state index in [0.717, 1.165) is 5.65 Å². The highest BCUT2D eigenvalue weighted by molar-refractivity contribution is 6.33. The van der Waals surface area contributed by atoms with Crippen LogP contribution in [0.4, 0.5) is 10.1 Å². The first kappa shape index (κ1) is 19.4. The van der Waals surface area contributed by atoms with Gasteiger partial charge in [0.1, 0.15) is 17.2 Å². The maximum absolute atomic E-state index is 13.1. The molecule has 2 aromatic heterocycles. The SMILES string of the molecule is O=C(N[C@H]1CC[C@H](C(=O)Nc2ccc(F)cc2Cl)CC1)c1cnc2ccccn12. The average molecular weight is 415 g/mol. The van der Waals surface area contributed by atoms with Crippen LogP contribution in [0.1, 0.15) is 36.2 Å². The van der Waals surface area contributed by atoms with Crippen molar-refractivity contribution >= 4 is 34.7 Å². The van der Waals surface area contributed by atoms with Gasteiger partial charge in [-0.1, -0.05) is 17.7 Å². The third-order valence-electron chi connectivity index (χ3n) is 5.27. The lowest BCUT2D eigenvalue weighted by Gasteiger charge is -2.28. The second kappa shape index (κ2) is 8.21. The number of hydrogen-bond donors (Lipinski definition) is 2. The van der Waals surface area contributed by atoms with Gasteiger partial charge >= 0.3 is 0 Å². The summed E-state index contributed by atoms with van der Waals surface area (Å²) in [4.78, 5) is 29.4. The van der Waals surface area contributed by atoms with Gasteiger partial charge in [-0.3, -0.25) is 14.0 Å². The number of nitrogens with zero attached hydrogens (tertiary/aromatic N) is 2. The molecule has 4 rings (SSSR count). The predicted octanol–water partition coefficient (Wildman–Crippen LogP) is 4.05. The molecule has 29 heavy (non-hydrogen) atoms. The third kappa shape index (κ3) is 4.24. The minimum absolute atomic E-state index is 0.00946. The first-order valence-electron chi connectivity index (χ1n) is 9.50. The molecule has 2 amide bonds. The fourth-order valence-corrected chi connectivity index (χ4v) is 3.90. The molecule has 0 aliphatic heterocycles. The number of hydrogen-bond acceptors (Lipinski definition) is 3. The summed E-state index contributed by atoms with van der Waals surface area (Å²) in [7, 11) is 0. The second-order valence-electron chi connectivity index (χ2n) is 7.21. The number of carbonyl (C=O) groups excluding carboxylic acids is 2. The van der Waals surface area contributed by atoms with Crippen LogP contribution in [-0.4, -0.2) is 27.2 Å². The Labute approximate surface area is 172 Å². The number of anilines is 1. The average Bonchev–Trinajstić information content (AvgIpc) is 3.15. The van der Waals surface area contributed by atoms with Crippen molar-refractivity contribution in [3.8, 4) is 0 Å². The van der Waals surface area contributed by atoms with E-state index in [1.165, 1.54) is 18.2 Å². The van der Waals surface area contributed by atoms with Crippen molar-refractivity contribution in [2.75, 3.05) is 5.32 Å². The largest absolute Gasteiger partial charge is 0.348 e. The van der Waals surface area contributed by atoms with Crippen molar-refractivity contribution in [3.05, 3.63) is 65.3 Å². The van der Waals surface area contributed by atoms with Gasteiger partial charge in [0, 0.05) is 18.2 Å². The van der Waals surface area contributed by atoms with Crippen molar-refractivity contribution in [1.29, 1.82) is 0 Å². The minimum atomic E-state index is -0.449. The third-order valence-corrected chi connectivity index (χ3v) is 5.58. The standard InChI is InChI=1S/C21H20ClFN4O2/c22-16-11-14(23)6-9-17(16)26-20(28)13-4-7-15(8-5-13)25-21(29)18-12-24-19-3-1-2-10-27(18)19/h1-3,6,9-13,15H,4-5,7-8H2,(H,25,29)(H,26,28)/t13-,15-. The van der Waals surface area contributed by atoms with Crippen molar-refractivity contribution in [1.82, 2.24) is 14.7 Å². The summed E-state index contributed by atoms with van der Waals surface area (Å²) in [6.07, 6.45) is 6.09. The molecule has 0 bridgehead atoms. The Morgan fingerprint density at radius 3 is 2.69 bits per heavy atom. The first-order chi connectivity index (χ1) is 14.0. The zero-order valence-electron chi connectivity index (χ0n) is 15.6. The van der Waals surface area contributed by atoms with Gasteiger partial charge in [-0.15, -0.1) is 0 Å². The van der Waals surface area contributed by atoms with Gasteiger partial charge in [0.15, 0.2) is 0 Å². The van der Waals surface area contributed by atoms with Crippen LogP contribution >= 0.6 is 11.6 Å². The zero-order chi connectivity index (χ0) is 20.4. The molecule has 1 saturated carbocycles. The minimum Gasteiger partial charge on any atom is -0.348 e. The number of halogens is 2. The van der Waals surface area contributed by atoms with Crippen molar-refractivity contribution in [2.45, 2.75) is 31.7 Å². The van der Waals surface area contributed by atoms with Gasteiger partial charge < -0.3 is 10.6 Å². The topological polar surface area (TPSA) is 75.5 Å². The van der Waals surface area contributed by atoms with E-state index < -0.39 is 5.82 Å². The molecule has 8 heteroatoms. The first-order valence-corrected chi connectivity index (χ1v) is 9.88. The van der Waals surface area contributed by atoms with Gasteiger partial charge in [-0.25, -0.2) is 9.37 Å². The monoisotopic (exact) mass is 414 g/mol. The van der Waals surface area contributed by atoms with Crippen LogP contribution in [0.5, 0.6) is 0 Å². The second-order valence-corrected chi connectivity index (χ2v) is 7.61. The molecular weight excluding hydrogens is 395 g/mol. The molecule has 2 heterocycles. The molecule has 1 fully saturated rings. The summed E-state index contributed by atoms with van der Waals surface area (Å²) >= 11 is 5.97. The van der Waals surface area contributed by atoms with Gasteiger partial charge in [0.25, 0.3) is 5.91 Å². The molecule has 3 aromatic rings. The number of imidazole rings is 1. The van der Waals surface area contributed by atoms with Gasteiger partial charge in [0.05, 0.1) is 16.9 Å². The van der Waals surface area contributed by atoms with Crippen LogP contribution in [0.25, 0.3) is 5.65 Å². The van der Waals surface area contributed by atoms with Crippen molar-refractivity contribution < 1.29 is 14.0 Å². The summed E-state index contributed by atoms with van der Waals surface area (Å²) in [5, 5.41) is 5.99. The van der Waals surface area contributed by atoms with Crippen LogP contribution < -0.4 is 10.6 Å². The summed E-state index contributed by atoms with van der Waals surface area (Å²) in [6.45, 7) is 0. The summed E-state index contributed by atoms with van der Waals surface area (Å²) in [5.41, 5.74) is 1.62. The molecule has 1 aromatic carbocycles. The lowest BCUT2D eigenvalue weighted by Crippen LogP contribution is -2.40. The molecule has 0 unspecified atom stereocenters. The smallest absolute Gasteiger partial charge is 0.270 e. The Kier molecular flexibility index (Phi) is 5.49. The summed E-state index contributed by atoms with van der Waals surface area (Å²) in [6, 6.07) is 9.46. The molecule has 1 aliphatic carbocycles. The fraction of sp³-hybridized carbons (Fsp3) is 0.286. The van der Waals surface area contributed by atoms with E-state index in [0.29, 0.717) is 37.1 Å². The van der Waals surface area contributed by atoms with E-state index in [9.17, 15) is 14.0 Å². The Bertz CT molecular complexity index is 1060. The normalized spacial score (nSPS) is 19.1. The number of pyridine rings is 1. The maximum Gasteiger partial charge on any atom is 0.270 e. The Balaban J connectivity index is 1.32. The van der Waals surface area contributed by atoms with E-state index in [-0.39, 0.29) is 28.8 Å². The number of rotatable bonds is 4. The number of carbonyl (C=O) groups is 2. The van der Waals surface area contributed by atoms with Crippen molar-refractivity contribution in [2.24, 2.45) is 5.92 Å². The summed E-state index contributed by atoms with van der Waals surface area (Å²) in [5.74, 6) is -0.921.